The summed E-state index contributed by atoms with van der Waals surface area (Å²) in [5, 5.41) is 14.7. The maximum absolute atomic E-state index is 12.2. The summed E-state index contributed by atoms with van der Waals surface area (Å²) < 4.78 is 5.84. The molecule has 1 saturated heterocycles. The number of carbonyl (C=O) groups excluding carboxylic acids is 1. The van der Waals surface area contributed by atoms with Gasteiger partial charge in [0, 0.05) is 28.3 Å². The molecule has 0 bridgehead atoms. The van der Waals surface area contributed by atoms with E-state index in [2.05, 4.69) is 31.9 Å². The number of pyridine rings is 1. The predicted molar refractivity (Wildman–Crippen MR) is 140 cm³/mol. The Morgan fingerprint density at radius 3 is 2.91 bits per heavy atom. The highest BCUT2D eigenvalue weighted by atomic mass is 32.2. The van der Waals surface area contributed by atoms with Gasteiger partial charge in [-0.05, 0) is 74.0 Å². The van der Waals surface area contributed by atoms with Gasteiger partial charge in [0.2, 0.25) is 0 Å². The highest BCUT2D eigenvalue weighted by Gasteiger charge is 2.14. The molecule has 1 unspecified atom stereocenters. The zero-order chi connectivity index (χ0) is 24.0. The Bertz CT molecular complexity index is 1340. The fraction of sp³-hybridized carbons (Fsp3) is 0.222. The normalized spacial score (nSPS) is 15.6. The van der Waals surface area contributed by atoms with Gasteiger partial charge in [-0.2, -0.15) is 5.10 Å². The molecule has 1 aliphatic heterocycles. The first-order valence-electron chi connectivity index (χ1n) is 11.7. The van der Waals surface area contributed by atoms with Crippen LogP contribution >= 0.6 is 11.8 Å². The van der Waals surface area contributed by atoms with Crippen LogP contribution in [0.3, 0.4) is 0 Å². The number of aromatic nitrogens is 3. The van der Waals surface area contributed by atoms with Crippen LogP contribution in [0.5, 0.6) is 5.75 Å². The van der Waals surface area contributed by atoms with Gasteiger partial charge < -0.3 is 15.4 Å². The Kier molecular flexibility index (Phi) is 7.11. The fourth-order valence-electron chi connectivity index (χ4n) is 4.05. The lowest BCUT2D eigenvalue weighted by molar-refractivity contribution is 0.0960. The number of carbonyl (C=O) groups is 1. The van der Waals surface area contributed by atoms with Crippen LogP contribution in [0, 0.1) is 0 Å². The molecule has 0 radical (unpaired) electrons. The van der Waals surface area contributed by atoms with Crippen molar-refractivity contribution in [3.8, 4) is 5.75 Å². The fourth-order valence-corrected chi connectivity index (χ4v) is 5.04. The Morgan fingerprint density at radius 1 is 1.20 bits per heavy atom. The summed E-state index contributed by atoms with van der Waals surface area (Å²) in [5.74, 6) is 0.686. The maximum Gasteiger partial charge on any atom is 0.252 e. The number of benzene rings is 2. The van der Waals surface area contributed by atoms with E-state index in [9.17, 15) is 4.79 Å². The second-order valence-corrected chi connectivity index (χ2v) is 9.47. The smallest absolute Gasteiger partial charge is 0.252 e. The Hall–Kier alpha value is -3.62. The number of hydrogen-bond acceptors (Lipinski definition) is 6. The molecule has 35 heavy (non-hydrogen) atoms. The molecule has 3 N–H and O–H groups in total. The zero-order valence-electron chi connectivity index (χ0n) is 19.5. The molecule has 178 valence electrons. The van der Waals surface area contributed by atoms with E-state index in [1.807, 2.05) is 60.7 Å². The average molecular weight is 486 g/mol. The first-order chi connectivity index (χ1) is 17.2. The molecule has 5 rings (SSSR count). The standard InChI is InChI=1S/C27H27N5O2S/c1-28-27(33)23-6-2-3-7-26(23)35-21-11-12-22-24(31-32-25(22)15-21)13-9-18-8-10-20(16-30-18)34-17-19-5-4-14-29-19/h2-3,6-13,15-16,19,29H,4-5,14,17H2,1H3,(H,28,33)(H,31,32)/b13-9+. The highest BCUT2D eigenvalue weighted by molar-refractivity contribution is 7.99. The molecule has 1 fully saturated rings. The van der Waals surface area contributed by atoms with E-state index in [0.717, 1.165) is 50.8 Å². The van der Waals surface area contributed by atoms with E-state index in [-0.39, 0.29) is 5.91 Å². The lowest BCUT2D eigenvalue weighted by Crippen LogP contribution is -2.28. The summed E-state index contributed by atoms with van der Waals surface area (Å²) in [6, 6.07) is 18.1. The van der Waals surface area contributed by atoms with Crippen LogP contribution in [-0.2, 0) is 0 Å². The molecule has 2 aromatic heterocycles. The van der Waals surface area contributed by atoms with Gasteiger partial charge >= 0.3 is 0 Å². The average Bonchev–Trinajstić information content (AvgIpc) is 3.56. The molecule has 7 nitrogen and oxygen atoms in total. The third-order valence-electron chi connectivity index (χ3n) is 5.94. The van der Waals surface area contributed by atoms with E-state index in [0.29, 0.717) is 18.2 Å². The second-order valence-electron chi connectivity index (χ2n) is 8.35. The van der Waals surface area contributed by atoms with Gasteiger partial charge in [0.1, 0.15) is 12.4 Å². The van der Waals surface area contributed by atoms with E-state index in [4.69, 9.17) is 4.74 Å². The van der Waals surface area contributed by atoms with Gasteiger partial charge in [-0.3, -0.25) is 14.9 Å². The number of aromatic amines is 1. The van der Waals surface area contributed by atoms with Gasteiger partial charge in [0.25, 0.3) is 5.91 Å². The Labute approximate surface area is 208 Å². The van der Waals surface area contributed by atoms with E-state index >= 15 is 0 Å². The number of nitrogens with one attached hydrogen (secondary N) is 3. The van der Waals surface area contributed by atoms with Crippen LogP contribution in [0.2, 0.25) is 0 Å². The number of nitrogens with zero attached hydrogens (tertiary/aromatic N) is 2. The molecule has 0 saturated carbocycles. The third-order valence-corrected chi connectivity index (χ3v) is 7.00. The summed E-state index contributed by atoms with van der Waals surface area (Å²) in [6.07, 6.45) is 8.04. The van der Waals surface area contributed by atoms with Crippen molar-refractivity contribution in [3.05, 3.63) is 77.7 Å². The highest BCUT2D eigenvalue weighted by Crippen LogP contribution is 2.32. The van der Waals surface area contributed by atoms with Crippen LogP contribution in [0.15, 0.2) is 70.6 Å². The van der Waals surface area contributed by atoms with Crippen LogP contribution in [0.4, 0.5) is 0 Å². The van der Waals surface area contributed by atoms with Crippen molar-refractivity contribution in [2.75, 3.05) is 20.2 Å². The number of fused-ring (bicyclic) bond motifs is 1. The second kappa shape index (κ2) is 10.8. The van der Waals surface area contributed by atoms with Gasteiger partial charge in [0.15, 0.2) is 0 Å². The SMILES string of the molecule is CNC(=O)c1ccccc1Sc1ccc2c(/C=C/c3ccc(OCC4CCCN4)cn3)n[nH]c2c1. The number of ether oxygens (including phenoxy) is 1. The summed E-state index contributed by atoms with van der Waals surface area (Å²) in [4.78, 5) is 18.6. The monoisotopic (exact) mass is 485 g/mol. The molecule has 0 aliphatic carbocycles. The lowest BCUT2D eigenvalue weighted by Gasteiger charge is -2.11. The van der Waals surface area contributed by atoms with Crippen molar-refractivity contribution >= 4 is 40.7 Å². The van der Waals surface area contributed by atoms with Crippen molar-refractivity contribution in [1.29, 1.82) is 0 Å². The number of hydrogen-bond donors (Lipinski definition) is 3. The predicted octanol–water partition coefficient (Wildman–Crippen LogP) is 4.77. The topological polar surface area (TPSA) is 91.9 Å². The minimum absolute atomic E-state index is 0.0952. The Balaban J connectivity index is 1.26. The lowest BCUT2D eigenvalue weighted by atomic mass is 10.2. The maximum atomic E-state index is 12.2. The summed E-state index contributed by atoms with van der Waals surface area (Å²) in [7, 11) is 1.64. The quantitative estimate of drug-likeness (QED) is 0.333. The zero-order valence-corrected chi connectivity index (χ0v) is 20.3. The molecule has 3 heterocycles. The molecular weight excluding hydrogens is 458 g/mol. The summed E-state index contributed by atoms with van der Waals surface area (Å²) >= 11 is 1.55. The molecule has 0 spiro atoms. The van der Waals surface area contributed by atoms with Crippen molar-refractivity contribution in [2.45, 2.75) is 28.7 Å². The van der Waals surface area contributed by atoms with Crippen molar-refractivity contribution in [2.24, 2.45) is 0 Å². The third kappa shape index (κ3) is 5.55. The molecule has 1 amide bonds. The number of amides is 1. The Morgan fingerprint density at radius 2 is 2.11 bits per heavy atom. The number of H-pyrrole nitrogens is 1. The minimum atomic E-state index is -0.0952. The van der Waals surface area contributed by atoms with Gasteiger partial charge in [0.05, 0.1) is 28.7 Å². The first kappa shape index (κ1) is 23.1. The molecular formula is C27H27N5O2S. The van der Waals surface area contributed by atoms with Gasteiger partial charge in [-0.25, -0.2) is 0 Å². The van der Waals surface area contributed by atoms with Crippen LogP contribution in [0.1, 0.15) is 34.6 Å². The van der Waals surface area contributed by atoms with Crippen LogP contribution < -0.4 is 15.4 Å². The van der Waals surface area contributed by atoms with Gasteiger partial charge in [-0.15, -0.1) is 0 Å². The van der Waals surface area contributed by atoms with Crippen LogP contribution in [-0.4, -0.2) is 47.3 Å². The van der Waals surface area contributed by atoms with Crippen molar-refractivity contribution in [1.82, 2.24) is 25.8 Å². The minimum Gasteiger partial charge on any atom is -0.490 e. The summed E-state index contributed by atoms with van der Waals surface area (Å²) in [5.41, 5.74) is 3.28. The molecule has 1 atom stereocenters. The van der Waals surface area contributed by atoms with E-state index < -0.39 is 0 Å². The number of rotatable bonds is 8. The molecule has 8 heteroatoms. The summed E-state index contributed by atoms with van der Waals surface area (Å²) in [6.45, 7) is 1.75. The largest absolute Gasteiger partial charge is 0.490 e. The van der Waals surface area contributed by atoms with Crippen LogP contribution in [0.25, 0.3) is 23.1 Å². The van der Waals surface area contributed by atoms with Gasteiger partial charge in [-0.1, -0.05) is 23.9 Å². The molecule has 1 aliphatic rings. The molecule has 2 aromatic carbocycles. The van der Waals surface area contributed by atoms with Crippen molar-refractivity contribution < 1.29 is 9.53 Å². The van der Waals surface area contributed by atoms with E-state index in [1.54, 1.807) is 25.0 Å². The van der Waals surface area contributed by atoms with E-state index in [1.165, 1.54) is 6.42 Å². The van der Waals surface area contributed by atoms with Crippen molar-refractivity contribution in [3.63, 3.8) is 0 Å². The molecule has 4 aromatic rings. The first-order valence-corrected chi connectivity index (χ1v) is 12.5.